The van der Waals surface area contributed by atoms with Crippen LogP contribution in [0, 0.1) is 0 Å². The lowest BCUT2D eigenvalue weighted by Crippen LogP contribution is -2.30. The second-order valence-electron chi connectivity index (χ2n) is 6.59. The lowest BCUT2D eigenvalue weighted by molar-refractivity contribution is 0.0636. The van der Waals surface area contributed by atoms with Gasteiger partial charge in [-0.3, -0.25) is 5.32 Å². The molecule has 2 N–H and O–H groups in total. The number of rotatable bonds is 5. The third kappa shape index (κ3) is 6.28. The van der Waals surface area contributed by atoms with E-state index in [-0.39, 0.29) is 0 Å². The summed E-state index contributed by atoms with van der Waals surface area (Å²) in [4.78, 5) is 11.7. The van der Waals surface area contributed by atoms with Gasteiger partial charge in [-0.15, -0.1) is 0 Å². The minimum absolute atomic E-state index is 0.416. The first kappa shape index (κ1) is 17.2. The van der Waals surface area contributed by atoms with Crippen molar-refractivity contribution in [1.29, 1.82) is 0 Å². The average Bonchev–Trinajstić information content (AvgIpc) is 2.92. The topological polar surface area (TPSA) is 50.4 Å². The molecule has 1 aliphatic rings. The van der Waals surface area contributed by atoms with Crippen molar-refractivity contribution in [3.63, 3.8) is 0 Å². The summed E-state index contributed by atoms with van der Waals surface area (Å²) in [5.74, 6) is 2.52. The van der Waals surface area contributed by atoms with E-state index in [4.69, 9.17) is 4.74 Å². The van der Waals surface area contributed by atoms with Crippen molar-refractivity contribution in [2.45, 2.75) is 45.3 Å². The van der Waals surface area contributed by atoms with Gasteiger partial charge in [0.1, 0.15) is 5.60 Å². The molecule has 0 aliphatic carbocycles. The molecule has 1 saturated heterocycles. The summed E-state index contributed by atoms with van der Waals surface area (Å²) in [5, 5.41) is 6.34. The molecule has 1 unspecified atom stereocenters. The Morgan fingerprint density at radius 1 is 1.32 bits per heavy atom. The van der Waals surface area contributed by atoms with Crippen molar-refractivity contribution in [3.05, 3.63) is 29.8 Å². The van der Waals surface area contributed by atoms with Crippen molar-refractivity contribution in [3.8, 4) is 0 Å². The highest BCUT2D eigenvalue weighted by Gasteiger charge is 2.16. The van der Waals surface area contributed by atoms with Crippen LogP contribution in [0.4, 0.5) is 10.5 Å². The van der Waals surface area contributed by atoms with Gasteiger partial charge in [-0.1, -0.05) is 12.1 Å². The van der Waals surface area contributed by atoms with Gasteiger partial charge in [-0.25, -0.2) is 4.79 Å². The molecule has 1 amide bonds. The number of benzene rings is 1. The minimum atomic E-state index is -0.478. The second kappa shape index (κ2) is 7.88. The van der Waals surface area contributed by atoms with Gasteiger partial charge in [-0.2, -0.15) is 11.8 Å². The number of hydrogen-bond acceptors (Lipinski definition) is 4. The smallest absolute Gasteiger partial charge is 0.412 e. The lowest BCUT2D eigenvalue weighted by Gasteiger charge is -2.19. The zero-order chi connectivity index (χ0) is 16.0. The van der Waals surface area contributed by atoms with Crippen molar-refractivity contribution in [2.24, 2.45) is 0 Å². The fraction of sp³-hybridized carbons (Fsp3) is 0.588. The van der Waals surface area contributed by atoms with Crippen LogP contribution >= 0.6 is 11.8 Å². The van der Waals surface area contributed by atoms with Crippen LogP contribution in [-0.2, 0) is 11.2 Å². The molecule has 0 bridgehead atoms. The van der Waals surface area contributed by atoms with E-state index < -0.39 is 11.7 Å². The largest absolute Gasteiger partial charge is 0.444 e. The number of carbonyl (C=O) groups is 1. The van der Waals surface area contributed by atoms with Crippen LogP contribution in [0.3, 0.4) is 0 Å². The van der Waals surface area contributed by atoms with Crippen molar-refractivity contribution >= 4 is 23.5 Å². The van der Waals surface area contributed by atoms with E-state index in [2.05, 4.69) is 22.8 Å². The molecule has 122 valence electrons. The number of carbonyl (C=O) groups excluding carboxylic acids is 1. The summed E-state index contributed by atoms with van der Waals surface area (Å²) >= 11 is 2.03. The van der Waals surface area contributed by atoms with E-state index >= 15 is 0 Å². The summed E-state index contributed by atoms with van der Waals surface area (Å²) in [6.07, 6.45) is 1.87. The quantitative estimate of drug-likeness (QED) is 0.868. The molecule has 0 radical (unpaired) electrons. The fourth-order valence-corrected chi connectivity index (χ4v) is 3.48. The first-order valence-electron chi connectivity index (χ1n) is 7.82. The minimum Gasteiger partial charge on any atom is -0.444 e. The third-order valence-corrected chi connectivity index (χ3v) is 4.54. The van der Waals surface area contributed by atoms with E-state index in [1.54, 1.807) is 0 Å². The highest BCUT2D eigenvalue weighted by Crippen LogP contribution is 2.17. The Labute approximate surface area is 137 Å². The fourth-order valence-electron chi connectivity index (χ4n) is 2.29. The molecule has 22 heavy (non-hydrogen) atoms. The zero-order valence-electron chi connectivity index (χ0n) is 13.6. The Kier molecular flexibility index (Phi) is 6.15. The Hall–Kier alpha value is -1.20. The van der Waals surface area contributed by atoms with Crippen LogP contribution in [0.5, 0.6) is 0 Å². The van der Waals surface area contributed by atoms with Gasteiger partial charge in [0.15, 0.2) is 0 Å². The van der Waals surface area contributed by atoms with Crippen molar-refractivity contribution in [2.75, 3.05) is 23.4 Å². The Morgan fingerprint density at radius 3 is 2.64 bits per heavy atom. The average molecular weight is 322 g/mol. The van der Waals surface area contributed by atoms with E-state index in [0.717, 1.165) is 18.7 Å². The molecule has 1 aromatic carbocycles. The van der Waals surface area contributed by atoms with Gasteiger partial charge >= 0.3 is 6.09 Å². The number of nitrogens with one attached hydrogen (secondary N) is 2. The van der Waals surface area contributed by atoms with Crippen LogP contribution in [0.1, 0.15) is 32.8 Å². The summed E-state index contributed by atoms with van der Waals surface area (Å²) in [5.41, 5.74) is 1.56. The molecule has 5 heteroatoms. The monoisotopic (exact) mass is 322 g/mol. The van der Waals surface area contributed by atoms with Crippen LogP contribution < -0.4 is 10.6 Å². The molecule has 1 heterocycles. The molecule has 1 aliphatic heterocycles. The third-order valence-electron chi connectivity index (χ3n) is 3.38. The molecule has 1 fully saturated rings. The van der Waals surface area contributed by atoms with Crippen molar-refractivity contribution in [1.82, 2.24) is 5.32 Å². The number of hydrogen-bond donors (Lipinski definition) is 2. The SMILES string of the molecule is CC(C)(C)OC(=O)Nc1ccc(CCNC2CCSC2)cc1. The summed E-state index contributed by atoms with van der Waals surface area (Å²) < 4.78 is 5.23. The van der Waals surface area contributed by atoms with Crippen molar-refractivity contribution < 1.29 is 9.53 Å². The highest BCUT2D eigenvalue weighted by atomic mass is 32.2. The van der Waals surface area contributed by atoms with Crippen LogP contribution in [0.25, 0.3) is 0 Å². The number of anilines is 1. The number of thioether (sulfide) groups is 1. The first-order chi connectivity index (χ1) is 10.4. The summed E-state index contributed by atoms with van der Waals surface area (Å²) in [6.45, 7) is 6.56. The lowest BCUT2D eigenvalue weighted by atomic mass is 10.1. The Morgan fingerprint density at radius 2 is 2.05 bits per heavy atom. The van der Waals surface area contributed by atoms with Gasteiger partial charge in [0.2, 0.25) is 0 Å². The molecule has 2 rings (SSSR count). The molecule has 0 saturated carbocycles. The van der Waals surface area contributed by atoms with E-state index in [1.807, 2.05) is 44.7 Å². The Balaban J connectivity index is 1.73. The maximum Gasteiger partial charge on any atom is 0.412 e. The zero-order valence-corrected chi connectivity index (χ0v) is 14.5. The van der Waals surface area contributed by atoms with Gasteiger partial charge in [0.05, 0.1) is 0 Å². The van der Waals surface area contributed by atoms with Gasteiger partial charge < -0.3 is 10.1 Å². The second-order valence-corrected chi connectivity index (χ2v) is 7.74. The first-order valence-corrected chi connectivity index (χ1v) is 8.98. The number of ether oxygens (including phenoxy) is 1. The standard InChI is InChI=1S/C17H26N2O2S/c1-17(2,3)21-16(20)19-14-6-4-13(5-7-14)8-10-18-15-9-11-22-12-15/h4-7,15,18H,8-12H2,1-3H3,(H,19,20). The van der Waals surface area contributed by atoms with Gasteiger partial charge in [0, 0.05) is 17.5 Å². The van der Waals surface area contributed by atoms with Gasteiger partial charge in [0.25, 0.3) is 0 Å². The summed E-state index contributed by atoms with van der Waals surface area (Å²) in [7, 11) is 0. The van der Waals surface area contributed by atoms with Crippen LogP contribution in [0.15, 0.2) is 24.3 Å². The van der Waals surface area contributed by atoms with Gasteiger partial charge in [-0.05, 0) is 63.6 Å². The van der Waals surface area contributed by atoms with E-state index in [1.165, 1.54) is 23.5 Å². The molecule has 1 aromatic rings. The normalized spacial score (nSPS) is 18.2. The molecule has 4 nitrogen and oxygen atoms in total. The maximum absolute atomic E-state index is 11.7. The molecule has 0 spiro atoms. The van der Waals surface area contributed by atoms with Crippen LogP contribution in [-0.4, -0.2) is 35.8 Å². The summed E-state index contributed by atoms with van der Waals surface area (Å²) in [6, 6.07) is 8.63. The molecule has 0 aromatic heterocycles. The van der Waals surface area contributed by atoms with E-state index in [9.17, 15) is 4.79 Å². The molecule has 1 atom stereocenters. The predicted octanol–water partition coefficient (Wildman–Crippen LogP) is 3.67. The predicted molar refractivity (Wildman–Crippen MR) is 93.7 cm³/mol. The maximum atomic E-state index is 11.7. The van der Waals surface area contributed by atoms with Crippen LogP contribution in [0.2, 0.25) is 0 Å². The number of amides is 1. The molecular weight excluding hydrogens is 296 g/mol. The Bertz CT molecular complexity index is 476. The highest BCUT2D eigenvalue weighted by molar-refractivity contribution is 7.99. The van der Waals surface area contributed by atoms with E-state index in [0.29, 0.717) is 6.04 Å². The molecular formula is C17H26N2O2S.